The van der Waals surface area contributed by atoms with Crippen LogP contribution in [-0.4, -0.2) is 31.4 Å². The molecule has 0 aliphatic heterocycles. The molecule has 0 fully saturated rings. The number of hydrogen-bond donors (Lipinski definition) is 1. The topological polar surface area (TPSA) is 78.8 Å². The van der Waals surface area contributed by atoms with E-state index in [4.69, 9.17) is 23.2 Å². The van der Waals surface area contributed by atoms with E-state index in [1.54, 1.807) is 12.1 Å². The summed E-state index contributed by atoms with van der Waals surface area (Å²) in [5.74, 6) is -1.31. The maximum atomic E-state index is 13.8. The largest absolute Gasteiger partial charge is 0.272 e. The fourth-order valence-corrected chi connectivity index (χ4v) is 4.60. The molecule has 10 heteroatoms. The Labute approximate surface area is 201 Å². The summed E-state index contributed by atoms with van der Waals surface area (Å²) in [6.45, 7) is 1.36. The van der Waals surface area contributed by atoms with Gasteiger partial charge in [-0.3, -0.25) is 4.79 Å². The van der Waals surface area contributed by atoms with Crippen LogP contribution in [0.5, 0.6) is 0 Å². The molecule has 3 rings (SSSR count). The predicted octanol–water partition coefficient (Wildman–Crippen LogP) is 4.78. The molecule has 0 saturated heterocycles. The third kappa shape index (κ3) is 6.61. The van der Waals surface area contributed by atoms with Gasteiger partial charge >= 0.3 is 0 Å². The molecule has 0 unspecified atom stereocenters. The first kappa shape index (κ1) is 24.9. The van der Waals surface area contributed by atoms with E-state index in [2.05, 4.69) is 10.5 Å². The second kappa shape index (κ2) is 10.9. The van der Waals surface area contributed by atoms with Crippen LogP contribution in [0.2, 0.25) is 10.0 Å². The van der Waals surface area contributed by atoms with E-state index >= 15 is 0 Å². The van der Waals surface area contributed by atoms with Crippen molar-refractivity contribution in [3.8, 4) is 0 Å². The molecular weight excluding hydrogens is 488 g/mol. The second-order valence-electron chi connectivity index (χ2n) is 7.14. The number of rotatable bonds is 8. The fourth-order valence-electron chi connectivity index (χ4n) is 2.88. The zero-order valence-corrected chi connectivity index (χ0v) is 19.8. The van der Waals surface area contributed by atoms with Gasteiger partial charge in [0.05, 0.1) is 22.7 Å². The molecule has 1 N–H and O–H groups in total. The van der Waals surface area contributed by atoms with Crippen LogP contribution in [0.4, 0.5) is 4.39 Å². The Bertz CT molecular complexity index is 1240. The van der Waals surface area contributed by atoms with Crippen LogP contribution >= 0.6 is 23.2 Å². The summed E-state index contributed by atoms with van der Waals surface area (Å²) >= 11 is 11.8. The summed E-state index contributed by atoms with van der Waals surface area (Å²) < 4.78 is 41.3. The number of nitrogens with zero attached hydrogens (tertiary/aromatic N) is 2. The lowest BCUT2D eigenvalue weighted by Crippen LogP contribution is -2.39. The van der Waals surface area contributed by atoms with Gasteiger partial charge in [0, 0.05) is 17.1 Å². The molecule has 1 amide bonds. The highest BCUT2D eigenvalue weighted by atomic mass is 35.5. The Morgan fingerprint density at radius 3 is 2.36 bits per heavy atom. The van der Waals surface area contributed by atoms with Gasteiger partial charge in [0.15, 0.2) is 0 Å². The van der Waals surface area contributed by atoms with E-state index in [0.29, 0.717) is 10.6 Å². The quantitative estimate of drug-likeness (QED) is 0.351. The van der Waals surface area contributed by atoms with Gasteiger partial charge in [0.1, 0.15) is 5.82 Å². The SMILES string of the molecule is Cc1ccc(CN(CC(=O)N/N=C\c2c(F)cccc2Cl)S(=O)(=O)c2ccc(Cl)cc2)cc1. The van der Waals surface area contributed by atoms with Crippen LogP contribution in [-0.2, 0) is 21.4 Å². The van der Waals surface area contributed by atoms with E-state index in [-0.39, 0.29) is 22.0 Å². The second-order valence-corrected chi connectivity index (χ2v) is 9.92. The van der Waals surface area contributed by atoms with Crippen molar-refractivity contribution in [2.75, 3.05) is 6.54 Å². The molecule has 0 aliphatic carbocycles. The smallest absolute Gasteiger partial charge is 0.255 e. The number of nitrogens with one attached hydrogen (secondary N) is 1. The van der Waals surface area contributed by atoms with E-state index < -0.39 is 28.3 Å². The first-order chi connectivity index (χ1) is 15.7. The Kier molecular flexibility index (Phi) is 8.20. The molecule has 33 heavy (non-hydrogen) atoms. The molecular formula is C23H20Cl2FN3O3S. The number of carbonyl (C=O) groups excluding carboxylic acids is 1. The Morgan fingerprint density at radius 1 is 1.06 bits per heavy atom. The van der Waals surface area contributed by atoms with Crippen molar-refractivity contribution in [1.82, 2.24) is 9.73 Å². The molecule has 0 saturated carbocycles. The number of amides is 1. The maximum Gasteiger partial charge on any atom is 0.255 e. The van der Waals surface area contributed by atoms with Crippen LogP contribution in [0, 0.1) is 12.7 Å². The van der Waals surface area contributed by atoms with Gasteiger partial charge in [-0.25, -0.2) is 18.2 Å². The van der Waals surface area contributed by atoms with Crippen LogP contribution < -0.4 is 5.43 Å². The number of sulfonamides is 1. The summed E-state index contributed by atoms with van der Waals surface area (Å²) in [5, 5.41) is 4.22. The van der Waals surface area contributed by atoms with Crippen molar-refractivity contribution in [3.05, 3.63) is 99.3 Å². The molecule has 6 nitrogen and oxygen atoms in total. The van der Waals surface area contributed by atoms with Crippen LogP contribution in [0.1, 0.15) is 16.7 Å². The van der Waals surface area contributed by atoms with Crippen molar-refractivity contribution in [2.24, 2.45) is 5.10 Å². The van der Waals surface area contributed by atoms with Crippen molar-refractivity contribution in [1.29, 1.82) is 0 Å². The fraction of sp³-hybridized carbons (Fsp3) is 0.130. The number of hydrogen-bond acceptors (Lipinski definition) is 4. The first-order valence-electron chi connectivity index (χ1n) is 9.74. The summed E-state index contributed by atoms with van der Waals surface area (Å²) in [7, 11) is -4.03. The van der Waals surface area contributed by atoms with Crippen LogP contribution in [0.15, 0.2) is 76.7 Å². The van der Waals surface area contributed by atoms with Crippen LogP contribution in [0.3, 0.4) is 0 Å². The highest BCUT2D eigenvalue weighted by molar-refractivity contribution is 7.89. The normalized spacial score (nSPS) is 11.8. The first-order valence-corrected chi connectivity index (χ1v) is 11.9. The molecule has 0 aliphatic rings. The standard InChI is InChI=1S/C23H20Cl2FN3O3S/c1-16-5-7-17(8-6-16)14-29(33(31,32)19-11-9-18(24)10-12-19)15-23(30)28-27-13-20-21(25)3-2-4-22(20)26/h2-13H,14-15H2,1H3,(H,28,30)/b27-13-. The third-order valence-electron chi connectivity index (χ3n) is 4.63. The summed E-state index contributed by atoms with van der Waals surface area (Å²) in [5.41, 5.74) is 3.95. The minimum Gasteiger partial charge on any atom is -0.272 e. The zero-order chi connectivity index (χ0) is 24.0. The lowest BCUT2D eigenvalue weighted by atomic mass is 10.1. The summed E-state index contributed by atoms with van der Waals surface area (Å²) in [6.07, 6.45) is 1.06. The summed E-state index contributed by atoms with van der Waals surface area (Å²) in [6, 6.07) is 17.1. The molecule has 0 heterocycles. The Morgan fingerprint density at radius 2 is 1.73 bits per heavy atom. The van der Waals surface area contributed by atoms with E-state index in [1.165, 1.54) is 42.5 Å². The molecule has 3 aromatic rings. The van der Waals surface area contributed by atoms with E-state index in [9.17, 15) is 17.6 Å². The van der Waals surface area contributed by atoms with E-state index in [1.807, 2.05) is 19.1 Å². The van der Waals surface area contributed by atoms with Crippen molar-refractivity contribution in [3.63, 3.8) is 0 Å². The number of carbonyl (C=O) groups is 1. The molecule has 0 aromatic heterocycles. The minimum absolute atomic E-state index is 0.00441. The molecule has 0 spiro atoms. The minimum atomic E-state index is -4.03. The number of aryl methyl sites for hydroxylation is 1. The number of halogens is 3. The van der Waals surface area contributed by atoms with E-state index in [0.717, 1.165) is 16.1 Å². The highest BCUT2D eigenvalue weighted by Crippen LogP contribution is 2.21. The monoisotopic (exact) mass is 507 g/mol. The van der Waals surface area contributed by atoms with Crippen molar-refractivity contribution < 1.29 is 17.6 Å². The predicted molar refractivity (Wildman–Crippen MR) is 127 cm³/mol. The van der Waals surface area contributed by atoms with Gasteiger partial charge in [-0.05, 0) is 48.9 Å². The third-order valence-corrected chi connectivity index (χ3v) is 7.02. The zero-order valence-electron chi connectivity index (χ0n) is 17.5. The molecule has 3 aromatic carbocycles. The van der Waals surface area contributed by atoms with Gasteiger partial charge in [-0.1, -0.05) is 59.1 Å². The Hall–Kier alpha value is -2.78. The van der Waals surface area contributed by atoms with Gasteiger partial charge in [0.2, 0.25) is 10.0 Å². The Balaban J connectivity index is 1.81. The highest BCUT2D eigenvalue weighted by Gasteiger charge is 2.27. The van der Waals surface area contributed by atoms with Gasteiger partial charge in [-0.15, -0.1) is 0 Å². The number of benzene rings is 3. The number of hydrazone groups is 1. The maximum absolute atomic E-state index is 13.8. The van der Waals surface area contributed by atoms with Crippen molar-refractivity contribution >= 4 is 45.3 Å². The van der Waals surface area contributed by atoms with Gasteiger partial charge < -0.3 is 0 Å². The average Bonchev–Trinajstić information content (AvgIpc) is 2.77. The average molecular weight is 508 g/mol. The summed E-state index contributed by atoms with van der Waals surface area (Å²) in [4.78, 5) is 12.5. The molecule has 0 atom stereocenters. The van der Waals surface area contributed by atoms with Crippen LogP contribution in [0.25, 0.3) is 0 Å². The van der Waals surface area contributed by atoms with Crippen molar-refractivity contribution in [2.45, 2.75) is 18.4 Å². The lowest BCUT2D eigenvalue weighted by molar-refractivity contribution is -0.121. The molecule has 172 valence electrons. The van der Waals surface area contributed by atoms with Gasteiger partial charge in [-0.2, -0.15) is 9.41 Å². The lowest BCUT2D eigenvalue weighted by Gasteiger charge is -2.21. The molecule has 0 radical (unpaired) electrons. The molecule has 0 bridgehead atoms. The van der Waals surface area contributed by atoms with Gasteiger partial charge in [0.25, 0.3) is 5.91 Å².